The molecule has 0 aromatic carbocycles. The van der Waals surface area contributed by atoms with Crippen molar-refractivity contribution in [3.8, 4) is 0 Å². The van der Waals surface area contributed by atoms with Gasteiger partial charge < -0.3 is 10.4 Å². The Morgan fingerprint density at radius 2 is 2.17 bits per heavy atom. The van der Waals surface area contributed by atoms with Gasteiger partial charge in [-0.15, -0.1) is 0 Å². The van der Waals surface area contributed by atoms with Crippen LogP contribution in [0, 0.1) is 17.8 Å². The van der Waals surface area contributed by atoms with E-state index in [1.54, 1.807) is 6.20 Å². The third-order valence-electron chi connectivity index (χ3n) is 5.08. The summed E-state index contributed by atoms with van der Waals surface area (Å²) in [5.41, 5.74) is 0. The van der Waals surface area contributed by atoms with Crippen LogP contribution in [0.25, 0.3) is 0 Å². The second-order valence-electron chi connectivity index (χ2n) is 7.36. The minimum atomic E-state index is -0.775. The Hall–Kier alpha value is -1.89. The van der Waals surface area contributed by atoms with Crippen molar-refractivity contribution in [2.45, 2.75) is 39.2 Å². The van der Waals surface area contributed by atoms with E-state index in [2.05, 4.69) is 17.3 Å². The average molecular weight is 334 g/mol. The van der Waals surface area contributed by atoms with Gasteiger partial charge in [-0.05, 0) is 38.0 Å². The zero-order valence-electron chi connectivity index (χ0n) is 14.3. The number of hydrogen-bond donors (Lipinski definition) is 2. The summed E-state index contributed by atoms with van der Waals surface area (Å²) in [6.07, 6.45) is 4.82. The smallest absolute Gasteiger partial charge is 0.307 e. The Balaban J connectivity index is 1.57. The van der Waals surface area contributed by atoms with E-state index in [1.807, 2.05) is 22.6 Å². The lowest BCUT2D eigenvalue weighted by Gasteiger charge is -2.34. The molecule has 1 aromatic heterocycles. The van der Waals surface area contributed by atoms with Crippen molar-refractivity contribution in [1.29, 1.82) is 0 Å². The number of nitrogens with zero attached hydrogens (tertiary/aromatic N) is 3. The zero-order chi connectivity index (χ0) is 17.3. The summed E-state index contributed by atoms with van der Waals surface area (Å²) < 4.78 is 1.88. The van der Waals surface area contributed by atoms with Crippen LogP contribution in [0.5, 0.6) is 0 Å². The van der Waals surface area contributed by atoms with Gasteiger partial charge in [0, 0.05) is 19.2 Å². The first kappa shape index (κ1) is 17.0. The standard InChI is InChI=1S/C17H26N4O3/c1-11-7-14(17(23)24)9-20(8-11)10-16(22)19-15-5-6-18-21(15)12(2)13-3-4-13/h5-6,11-14H,3-4,7-10H2,1-2H3,(H,19,22)(H,23,24). The van der Waals surface area contributed by atoms with Crippen LogP contribution in [0.15, 0.2) is 12.3 Å². The van der Waals surface area contributed by atoms with Gasteiger partial charge in [-0.1, -0.05) is 6.92 Å². The molecule has 3 atom stereocenters. The second kappa shape index (κ2) is 6.93. The van der Waals surface area contributed by atoms with Crippen LogP contribution in [-0.4, -0.2) is 51.3 Å². The molecule has 1 amide bonds. The summed E-state index contributed by atoms with van der Waals surface area (Å²) in [6.45, 7) is 5.58. The van der Waals surface area contributed by atoms with E-state index >= 15 is 0 Å². The van der Waals surface area contributed by atoms with Gasteiger partial charge in [0.25, 0.3) is 0 Å². The first-order valence-corrected chi connectivity index (χ1v) is 8.72. The summed E-state index contributed by atoms with van der Waals surface area (Å²) in [5, 5.41) is 16.5. The van der Waals surface area contributed by atoms with Crippen LogP contribution in [0.4, 0.5) is 5.82 Å². The Labute approximate surface area is 142 Å². The van der Waals surface area contributed by atoms with Crippen LogP contribution in [0.1, 0.15) is 39.2 Å². The number of aliphatic carboxylic acids is 1. The molecule has 0 bridgehead atoms. The van der Waals surface area contributed by atoms with Crippen molar-refractivity contribution in [3.63, 3.8) is 0 Å². The molecule has 1 aliphatic carbocycles. The molecule has 0 spiro atoms. The molecule has 132 valence electrons. The maximum absolute atomic E-state index is 12.4. The third kappa shape index (κ3) is 3.95. The molecule has 1 aromatic rings. The van der Waals surface area contributed by atoms with Crippen LogP contribution in [0.2, 0.25) is 0 Å². The highest BCUT2D eigenvalue weighted by atomic mass is 16.4. The summed E-state index contributed by atoms with van der Waals surface area (Å²) >= 11 is 0. The van der Waals surface area contributed by atoms with Gasteiger partial charge in [0.2, 0.25) is 5.91 Å². The largest absolute Gasteiger partial charge is 0.481 e. The number of rotatable bonds is 6. The van der Waals surface area contributed by atoms with Crippen molar-refractivity contribution in [2.24, 2.45) is 17.8 Å². The third-order valence-corrected chi connectivity index (χ3v) is 5.08. The summed E-state index contributed by atoms with van der Waals surface area (Å²) in [7, 11) is 0. The van der Waals surface area contributed by atoms with Crippen LogP contribution < -0.4 is 5.32 Å². The highest BCUT2D eigenvalue weighted by molar-refractivity contribution is 5.91. The first-order valence-electron chi connectivity index (χ1n) is 8.72. The number of piperidine rings is 1. The SMILES string of the molecule is CC1CC(C(=O)O)CN(CC(=O)Nc2ccnn2C(C)C2CC2)C1. The average Bonchev–Trinajstić information content (AvgIpc) is 3.26. The Bertz CT molecular complexity index is 611. The quantitative estimate of drug-likeness (QED) is 0.829. The maximum Gasteiger partial charge on any atom is 0.307 e. The molecule has 2 fully saturated rings. The Morgan fingerprint density at radius 1 is 1.42 bits per heavy atom. The van der Waals surface area contributed by atoms with Gasteiger partial charge in [0.15, 0.2) is 0 Å². The number of nitrogens with one attached hydrogen (secondary N) is 1. The fourth-order valence-corrected chi connectivity index (χ4v) is 3.67. The van der Waals surface area contributed by atoms with Crippen molar-refractivity contribution in [2.75, 3.05) is 25.0 Å². The van der Waals surface area contributed by atoms with Crippen molar-refractivity contribution < 1.29 is 14.7 Å². The normalized spacial score (nSPS) is 26.1. The predicted molar refractivity (Wildman–Crippen MR) is 89.6 cm³/mol. The van der Waals surface area contributed by atoms with Crippen LogP contribution in [-0.2, 0) is 9.59 Å². The van der Waals surface area contributed by atoms with Gasteiger partial charge in [0.05, 0.1) is 24.7 Å². The van der Waals surface area contributed by atoms with Gasteiger partial charge in [-0.25, -0.2) is 4.68 Å². The van der Waals surface area contributed by atoms with Gasteiger partial charge in [-0.2, -0.15) is 5.10 Å². The number of anilines is 1. The summed E-state index contributed by atoms with van der Waals surface area (Å²) in [6, 6.07) is 2.11. The van der Waals surface area contributed by atoms with E-state index in [-0.39, 0.29) is 24.3 Å². The van der Waals surface area contributed by atoms with Crippen molar-refractivity contribution >= 4 is 17.7 Å². The highest BCUT2D eigenvalue weighted by Crippen LogP contribution is 2.40. The monoisotopic (exact) mass is 334 g/mol. The number of carbonyl (C=O) groups is 2. The molecule has 0 radical (unpaired) electrons. The van der Waals surface area contributed by atoms with E-state index in [4.69, 9.17) is 0 Å². The van der Waals surface area contributed by atoms with Crippen molar-refractivity contribution in [3.05, 3.63) is 12.3 Å². The topological polar surface area (TPSA) is 87.5 Å². The molecule has 1 saturated heterocycles. The molecule has 2 heterocycles. The number of likely N-dealkylation sites (tertiary alicyclic amines) is 1. The van der Waals surface area contributed by atoms with E-state index in [9.17, 15) is 14.7 Å². The molecule has 1 aliphatic heterocycles. The number of hydrogen-bond acceptors (Lipinski definition) is 4. The molecule has 24 heavy (non-hydrogen) atoms. The number of carboxylic acids is 1. The fourth-order valence-electron chi connectivity index (χ4n) is 3.67. The fraction of sp³-hybridized carbons (Fsp3) is 0.706. The lowest BCUT2D eigenvalue weighted by molar-refractivity contribution is -0.144. The zero-order valence-corrected chi connectivity index (χ0v) is 14.3. The molecule has 7 nitrogen and oxygen atoms in total. The molecule has 2 aliphatic rings. The van der Waals surface area contributed by atoms with Crippen LogP contribution >= 0.6 is 0 Å². The molecule has 2 N–H and O–H groups in total. The summed E-state index contributed by atoms with van der Waals surface area (Å²) in [5.74, 6) is 0.385. The van der Waals surface area contributed by atoms with E-state index in [0.717, 1.165) is 12.4 Å². The second-order valence-corrected chi connectivity index (χ2v) is 7.36. The van der Waals surface area contributed by atoms with E-state index in [1.165, 1.54) is 12.8 Å². The molecule has 3 rings (SSSR count). The molecule has 7 heteroatoms. The molecular formula is C17H26N4O3. The van der Waals surface area contributed by atoms with Crippen LogP contribution in [0.3, 0.4) is 0 Å². The number of amides is 1. The lowest BCUT2D eigenvalue weighted by atomic mass is 9.90. The highest BCUT2D eigenvalue weighted by Gasteiger charge is 2.32. The number of aromatic nitrogens is 2. The number of carboxylic acid groups (broad SMARTS) is 1. The van der Waals surface area contributed by atoms with Crippen molar-refractivity contribution in [1.82, 2.24) is 14.7 Å². The lowest BCUT2D eigenvalue weighted by Crippen LogP contribution is -2.45. The Kier molecular flexibility index (Phi) is 4.89. The van der Waals surface area contributed by atoms with Gasteiger partial charge >= 0.3 is 5.97 Å². The summed E-state index contributed by atoms with van der Waals surface area (Å²) in [4.78, 5) is 25.6. The Morgan fingerprint density at radius 3 is 2.83 bits per heavy atom. The van der Waals surface area contributed by atoms with E-state index in [0.29, 0.717) is 24.9 Å². The van der Waals surface area contributed by atoms with Gasteiger partial charge in [0.1, 0.15) is 5.82 Å². The molecular weight excluding hydrogens is 308 g/mol. The predicted octanol–water partition coefficient (Wildman–Crippen LogP) is 1.84. The van der Waals surface area contributed by atoms with Gasteiger partial charge in [-0.3, -0.25) is 14.5 Å². The number of carbonyl (C=O) groups excluding carboxylic acids is 1. The maximum atomic E-state index is 12.4. The molecule has 3 unspecified atom stereocenters. The first-order chi connectivity index (χ1) is 11.4. The minimum absolute atomic E-state index is 0.113. The van der Waals surface area contributed by atoms with E-state index < -0.39 is 5.97 Å². The minimum Gasteiger partial charge on any atom is -0.481 e. The molecule has 1 saturated carbocycles.